The maximum Gasteiger partial charge on any atom is 0.246 e. The number of halogens is 1. The molecule has 2 atom stereocenters. The van der Waals surface area contributed by atoms with Gasteiger partial charge in [0, 0.05) is 34.6 Å². The topological polar surface area (TPSA) is 56.4 Å². The summed E-state index contributed by atoms with van der Waals surface area (Å²) in [6.07, 6.45) is 3.62. The van der Waals surface area contributed by atoms with E-state index >= 15 is 0 Å². The summed E-state index contributed by atoms with van der Waals surface area (Å²) in [5.41, 5.74) is 4.13. The van der Waals surface area contributed by atoms with Gasteiger partial charge in [-0.2, -0.15) is 0 Å². The summed E-state index contributed by atoms with van der Waals surface area (Å²) in [4.78, 5) is 34.0. The van der Waals surface area contributed by atoms with Crippen molar-refractivity contribution in [3.05, 3.63) is 70.4 Å². The largest absolute Gasteiger partial charge is 0.356 e. The van der Waals surface area contributed by atoms with Crippen LogP contribution in [0.3, 0.4) is 0 Å². The molecule has 160 valence electrons. The molecule has 2 amide bonds. The fraction of sp³-hybridized carbons (Fsp3) is 0.360. The zero-order valence-corrected chi connectivity index (χ0v) is 18.4. The summed E-state index contributed by atoms with van der Waals surface area (Å²) in [6.45, 7) is 2.94. The van der Waals surface area contributed by atoms with E-state index in [1.165, 1.54) is 0 Å². The molecule has 31 heavy (non-hydrogen) atoms. The van der Waals surface area contributed by atoms with Gasteiger partial charge in [0.05, 0.1) is 12.6 Å². The molecule has 1 aromatic heterocycles. The van der Waals surface area contributed by atoms with Crippen molar-refractivity contribution in [3.63, 3.8) is 0 Å². The predicted molar refractivity (Wildman–Crippen MR) is 122 cm³/mol. The van der Waals surface area contributed by atoms with Crippen LogP contribution in [-0.4, -0.2) is 45.7 Å². The number of hydrogen-bond donors (Lipinski definition) is 1. The average molecular weight is 436 g/mol. The van der Waals surface area contributed by atoms with Gasteiger partial charge in [-0.3, -0.25) is 9.59 Å². The van der Waals surface area contributed by atoms with Gasteiger partial charge in [-0.05, 0) is 35.7 Å². The maximum absolute atomic E-state index is 13.5. The number of fused-ring (bicyclic) bond motifs is 4. The summed E-state index contributed by atoms with van der Waals surface area (Å²) < 4.78 is 0. The Morgan fingerprint density at radius 2 is 1.84 bits per heavy atom. The molecule has 6 heteroatoms. The summed E-state index contributed by atoms with van der Waals surface area (Å²) in [5, 5.41) is 1.77. The number of nitrogens with one attached hydrogen (secondary N) is 1. The molecule has 1 saturated heterocycles. The van der Waals surface area contributed by atoms with E-state index in [1.807, 2.05) is 42.5 Å². The standard InChI is InChI=1S/C25H26ClN3O2/c1-2-3-6-13-28-15-22(30)29-21(25(28)31)14-19-18-7-4-5-8-20(18)27-23(19)24(29)16-9-11-17(26)12-10-16/h4-5,7-12,21,24,27H,2-3,6,13-15H2,1H3/t21-,24-/m1/s1. The Balaban J connectivity index is 1.61. The predicted octanol–water partition coefficient (Wildman–Crippen LogP) is 4.70. The minimum absolute atomic E-state index is 0.00496. The normalized spacial score (nSPS) is 20.8. The van der Waals surface area contributed by atoms with Crippen LogP contribution in [0.4, 0.5) is 0 Å². The van der Waals surface area contributed by atoms with Crippen LogP contribution in [0.2, 0.25) is 5.02 Å². The molecule has 0 saturated carbocycles. The molecule has 0 aliphatic carbocycles. The maximum atomic E-state index is 13.5. The van der Waals surface area contributed by atoms with Gasteiger partial charge in [0.15, 0.2) is 0 Å². The molecule has 1 fully saturated rings. The molecule has 0 unspecified atom stereocenters. The highest BCUT2D eigenvalue weighted by molar-refractivity contribution is 6.30. The number of piperazine rings is 1. The highest BCUT2D eigenvalue weighted by Crippen LogP contribution is 2.42. The lowest BCUT2D eigenvalue weighted by atomic mass is 9.86. The van der Waals surface area contributed by atoms with Crippen LogP contribution in [0.5, 0.6) is 0 Å². The zero-order chi connectivity index (χ0) is 21.5. The molecular weight excluding hydrogens is 410 g/mol. The highest BCUT2D eigenvalue weighted by atomic mass is 35.5. The fourth-order valence-corrected chi connectivity index (χ4v) is 5.18. The van der Waals surface area contributed by atoms with E-state index in [2.05, 4.69) is 18.0 Å². The van der Waals surface area contributed by atoms with Crippen LogP contribution in [0.25, 0.3) is 10.9 Å². The van der Waals surface area contributed by atoms with Crippen molar-refractivity contribution < 1.29 is 9.59 Å². The Kier molecular flexibility index (Phi) is 5.22. The van der Waals surface area contributed by atoms with Crippen LogP contribution in [0.1, 0.15) is 49.0 Å². The van der Waals surface area contributed by atoms with E-state index in [-0.39, 0.29) is 24.4 Å². The molecule has 0 spiro atoms. The van der Waals surface area contributed by atoms with E-state index < -0.39 is 6.04 Å². The third kappa shape index (κ3) is 3.41. The quantitative estimate of drug-likeness (QED) is 0.591. The van der Waals surface area contributed by atoms with E-state index in [9.17, 15) is 9.59 Å². The van der Waals surface area contributed by atoms with Crippen LogP contribution in [-0.2, 0) is 16.0 Å². The fourth-order valence-electron chi connectivity index (χ4n) is 5.06. The number of para-hydroxylation sites is 1. The molecule has 2 aliphatic heterocycles. The number of nitrogens with zero attached hydrogens (tertiary/aromatic N) is 2. The molecule has 5 rings (SSSR count). The molecule has 2 aromatic carbocycles. The second-order valence-corrected chi connectivity index (χ2v) is 8.94. The van der Waals surface area contributed by atoms with Gasteiger partial charge >= 0.3 is 0 Å². The number of amides is 2. The first-order chi connectivity index (χ1) is 15.1. The van der Waals surface area contributed by atoms with Gasteiger partial charge in [-0.25, -0.2) is 0 Å². The molecular formula is C25H26ClN3O2. The van der Waals surface area contributed by atoms with Crippen molar-refractivity contribution in [2.24, 2.45) is 0 Å². The van der Waals surface area contributed by atoms with Crippen LogP contribution in [0, 0.1) is 0 Å². The van der Waals surface area contributed by atoms with E-state index in [0.29, 0.717) is 18.0 Å². The summed E-state index contributed by atoms with van der Waals surface area (Å²) in [5.74, 6) is 0.0657. The number of carbonyl (C=O) groups is 2. The SMILES string of the molecule is CCCCCN1CC(=O)N2[C@H](c3ccc(Cl)cc3)c3[nH]c4ccccc4c3C[C@@H]2C1=O. The Labute approximate surface area is 187 Å². The summed E-state index contributed by atoms with van der Waals surface area (Å²) in [6, 6.07) is 15.0. The first-order valence-electron chi connectivity index (χ1n) is 11.0. The third-order valence-electron chi connectivity index (χ3n) is 6.56. The molecule has 1 N–H and O–H groups in total. The van der Waals surface area contributed by atoms with Crippen LogP contribution < -0.4 is 0 Å². The minimum atomic E-state index is -0.477. The van der Waals surface area contributed by atoms with Crippen molar-refractivity contribution in [2.75, 3.05) is 13.1 Å². The highest BCUT2D eigenvalue weighted by Gasteiger charge is 2.47. The zero-order valence-electron chi connectivity index (χ0n) is 17.6. The number of rotatable bonds is 5. The van der Waals surface area contributed by atoms with E-state index in [0.717, 1.165) is 47.0 Å². The third-order valence-corrected chi connectivity index (χ3v) is 6.81. The van der Waals surface area contributed by atoms with Gasteiger partial charge in [-0.1, -0.05) is 61.7 Å². The molecule has 3 aromatic rings. The van der Waals surface area contributed by atoms with Crippen molar-refractivity contribution in [1.82, 2.24) is 14.8 Å². The molecule has 5 nitrogen and oxygen atoms in total. The molecule has 0 bridgehead atoms. The van der Waals surface area contributed by atoms with Gasteiger partial charge in [0.25, 0.3) is 0 Å². The Morgan fingerprint density at radius 1 is 1.06 bits per heavy atom. The van der Waals surface area contributed by atoms with Gasteiger partial charge in [0.1, 0.15) is 6.04 Å². The number of aromatic amines is 1. The second kappa shape index (κ2) is 8.04. The monoisotopic (exact) mass is 435 g/mol. The average Bonchev–Trinajstić information content (AvgIpc) is 3.15. The lowest BCUT2D eigenvalue weighted by molar-refractivity contribution is -0.158. The van der Waals surface area contributed by atoms with Crippen LogP contribution >= 0.6 is 11.6 Å². The van der Waals surface area contributed by atoms with Gasteiger partial charge in [-0.15, -0.1) is 0 Å². The Hall–Kier alpha value is -2.79. The molecule has 2 aliphatic rings. The Bertz CT molecular complexity index is 1140. The van der Waals surface area contributed by atoms with Crippen molar-refractivity contribution in [3.8, 4) is 0 Å². The first-order valence-corrected chi connectivity index (χ1v) is 11.4. The van der Waals surface area contributed by atoms with Gasteiger partial charge in [0.2, 0.25) is 11.8 Å². The summed E-state index contributed by atoms with van der Waals surface area (Å²) in [7, 11) is 0. The number of hydrogen-bond acceptors (Lipinski definition) is 2. The van der Waals surface area contributed by atoms with E-state index in [1.54, 1.807) is 9.80 Å². The first kappa shape index (κ1) is 20.1. The Morgan fingerprint density at radius 3 is 2.61 bits per heavy atom. The van der Waals surface area contributed by atoms with E-state index in [4.69, 9.17) is 11.6 Å². The lowest BCUT2D eigenvalue weighted by Crippen LogP contribution is -2.63. The number of unbranched alkanes of at least 4 members (excludes halogenated alkanes) is 2. The van der Waals surface area contributed by atoms with Crippen molar-refractivity contribution >= 4 is 34.3 Å². The van der Waals surface area contributed by atoms with Crippen molar-refractivity contribution in [1.29, 1.82) is 0 Å². The van der Waals surface area contributed by atoms with Gasteiger partial charge < -0.3 is 14.8 Å². The number of aromatic nitrogens is 1. The smallest absolute Gasteiger partial charge is 0.246 e. The van der Waals surface area contributed by atoms with Crippen LogP contribution in [0.15, 0.2) is 48.5 Å². The number of benzene rings is 2. The number of carbonyl (C=O) groups excluding carboxylic acids is 2. The van der Waals surface area contributed by atoms with Crippen molar-refractivity contribution in [2.45, 2.75) is 44.7 Å². The number of H-pyrrole nitrogens is 1. The lowest BCUT2D eigenvalue weighted by Gasteiger charge is -2.47. The molecule has 0 radical (unpaired) electrons. The molecule has 3 heterocycles. The summed E-state index contributed by atoms with van der Waals surface area (Å²) >= 11 is 6.13. The second-order valence-electron chi connectivity index (χ2n) is 8.50. The minimum Gasteiger partial charge on any atom is -0.356 e.